The van der Waals surface area contributed by atoms with E-state index < -0.39 is 4.92 Å². The van der Waals surface area contributed by atoms with E-state index in [0.717, 1.165) is 9.26 Å². The van der Waals surface area contributed by atoms with Crippen molar-refractivity contribution in [2.24, 2.45) is 0 Å². The lowest BCUT2D eigenvalue weighted by Gasteiger charge is -2.07. The van der Waals surface area contributed by atoms with Crippen molar-refractivity contribution in [1.82, 2.24) is 0 Å². The molecule has 0 saturated carbocycles. The second-order valence-corrected chi connectivity index (χ2v) is 5.29. The zero-order valence-electron chi connectivity index (χ0n) is 10.4. The largest absolute Gasteiger partial charge is 0.325 e. The van der Waals surface area contributed by atoms with Gasteiger partial charge in [-0.2, -0.15) is 0 Å². The molecule has 20 heavy (non-hydrogen) atoms. The number of hydrogen-bond donors (Lipinski definition) is 1. The summed E-state index contributed by atoms with van der Waals surface area (Å²) in [4.78, 5) is 22.1. The summed E-state index contributed by atoms with van der Waals surface area (Å²) in [6, 6.07) is 13.5. The number of hydrogen-bond acceptors (Lipinski definition) is 3. The average molecular weight is 382 g/mol. The van der Waals surface area contributed by atoms with Crippen LogP contribution in [0.2, 0.25) is 0 Å². The molecule has 0 unspecified atom stereocenters. The van der Waals surface area contributed by atoms with Gasteiger partial charge >= 0.3 is 0 Å². The molecule has 0 aliphatic rings. The van der Waals surface area contributed by atoms with E-state index in [9.17, 15) is 14.9 Å². The van der Waals surface area contributed by atoms with Crippen LogP contribution in [0.3, 0.4) is 0 Å². The van der Waals surface area contributed by atoms with E-state index in [1.807, 2.05) is 24.3 Å². The molecule has 1 N–H and O–H groups in total. The number of benzene rings is 2. The van der Waals surface area contributed by atoms with Gasteiger partial charge in [0.05, 0.1) is 17.0 Å². The number of nitro benzene ring substituents is 1. The standard InChI is InChI=1S/C14H11IN2O3/c15-12-6-1-2-7-13(12)16-14(18)9-10-4-3-5-11(8-10)17(19)20/h1-8H,9H2,(H,16,18). The Morgan fingerprint density at radius 2 is 1.95 bits per heavy atom. The molecule has 0 radical (unpaired) electrons. The fraction of sp³-hybridized carbons (Fsp3) is 0.0714. The van der Waals surface area contributed by atoms with Crippen molar-refractivity contribution in [3.05, 3.63) is 67.8 Å². The SMILES string of the molecule is O=C(Cc1cccc([N+](=O)[O-])c1)Nc1ccccc1I. The normalized spacial score (nSPS) is 10.1. The van der Waals surface area contributed by atoms with Crippen LogP contribution in [-0.4, -0.2) is 10.8 Å². The molecule has 102 valence electrons. The van der Waals surface area contributed by atoms with E-state index >= 15 is 0 Å². The van der Waals surface area contributed by atoms with E-state index in [1.54, 1.807) is 12.1 Å². The molecule has 0 heterocycles. The number of para-hydroxylation sites is 1. The first-order valence-corrected chi connectivity index (χ1v) is 6.92. The predicted molar refractivity (Wildman–Crippen MR) is 84.6 cm³/mol. The van der Waals surface area contributed by atoms with Crippen LogP contribution in [0, 0.1) is 13.7 Å². The highest BCUT2D eigenvalue weighted by atomic mass is 127. The summed E-state index contributed by atoms with van der Waals surface area (Å²) in [6.07, 6.45) is 0.104. The number of rotatable bonds is 4. The first-order valence-electron chi connectivity index (χ1n) is 5.84. The minimum Gasteiger partial charge on any atom is -0.325 e. The van der Waals surface area contributed by atoms with Crippen LogP contribution in [-0.2, 0) is 11.2 Å². The first-order chi connectivity index (χ1) is 9.56. The summed E-state index contributed by atoms with van der Waals surface area (Å²) in [5.41, 5.74) is 1.34. The third-order valence-corrected chi connectivity index (χ3v) is 3.57. The molecule has 0 aromatic heterocycles. The van der Waals surface area contributed by atoms with Crippen molar-refractivity contribution in [2.75, 3.05) is 5.32 Å². The third-order valence-electron chi connectivity index (χ3n) is 2.63. The van der Waals surface area contributed by atoms with Gasteiger partial charge in [0.15, 0.2) is 0 Å². The Bertz CT molecular complexity index is 658. The van der Waals surface area contributed by atoms with Crippen molar-refractivity contribution >= 4 is 39.9 Å². The van der Waals surface area contributed by atoms with E-state index in [2.05, 4.69) is 27.9 Å². The molecule has 2 aromatic rings. The van der Waals surface area contributed by atoms with Gasteiger partial charge in [0.2, 0.25) is 5.91 Å². The third kappa shape index (κ3) is 3.77. The van der Waals surface area contributed by atoms with Crippen molar-refractivity contribution in [3.63, 3.8) is 0 Å². The number of non-ortho nitro benzene ring substituents is 1. The smallest absolute Gasteiger partial charge is 0.269 e. The first kappa shape index (κ1) is 14.4. The van der Waals surface area contributed by atoms with Gasteiger partial charge in [-0.3, -0.25) is 14.9 Å². The molecule has 0 spiro atoms. The fourth-order valence-electron chi connectivity index (χ4n) is 1.72. The molecule has 0 atom stereocenters. The molecular weight excluding hydrogens is 371 g/mol. The number of nitro groups is 1. The van der Waals surface area contributed by atoms with E-state index in [-0.39, 0.29) is 18.0 Å². The minimum absolute atomic E-state index is 0.00964. The van der Waals surface area contributed by atoms with Crippen LogP contribution in [0.4, 0.5) is 11.4 Å². The Hall–Kier alpha value is -1.96. The highest BCUT2D eigenvalue weighted by Crippen LogP contribution is 2.18. The Labute approximate surface area is 129 Å². The molecule has 0 aliphatic carbocycles. The number of nitrogens with one attached hydrogen (secondary N) is 1. The van der Waals surface area contributed by atoms with Crippen molar-refractivity contribution in [3.8, 4) is 0 Å². The summed E-state index contributed by atoms with van der Waals surface area (Å²) < 4.78 is 0.942. The summed E-state index contributed by atoms with van der Waals surface area (Å²) in [7, 11) is 0. The summed E-state index contributed by atoms with van der Waals surface area (Å²) in [5, 5.41) is 13.5. The van der Waals surface area contributed by atoms with Crippen LogP contribution in [0.25, 0.3) is 0 Å². The molecule has 2 aromatic carbocycles. The molecule has 2 rings (SSSR count). The van der Waals surface area contributed by atoms with Crippen LogP contribution in [0.1, 0.15) is 5.56 Å². The van der Waals surface area contributed by atoms with E-state index in [0.29, 0.717) is 5.56 Å². The number of nitrogens with zero attached hydrogens (tertiary/aromatic N) is 1. The lowest BCUT2D eigenvalue weighted by Crippen LogP contribution is -2.15. The molecular formula is C14H11IN2O3. The topological polar surface area (TPSA) is 72.2 Å². The van der Waals surface area contributed by atoms with Gasteiger partial charge in [-0.15, -0.1) is 0 Å². The van der Waals surface area contributed by atoms with Gasteiger partial charge in [0.1, 0.15) is 0 Å². The maximum atomic E-state index is 11.9. The zero-order chi connectivity index (χ0) is 14.5. The zero-order valence-corrected chi connectivity index (χ0v) is 12.5. The Kier molecular flexibility index (Phi) is 4.67. The molecule has 0 aliphatic heterocycles. The van der Waals surface area contributed by atoms with Gasteiger partial charge in [-0.25, -0.2) is 0 Å². The molecule has 1 amide bonds. The summed E-state index contributed by atoms with van der Waals surface area (Å²) >= 11 is 2.13. The molecule has 0 bridgehead atoms. The number of carbonyl (C=O) groups is 1. The quantitative estimate of drug-likeness (QED) is 0.501. The second-order valence-electron chi connectivity index (χ2n) is 4.13. The highest BCUT2D eigenvalue weighted by Gasteiger charge is 2.10. The lowest BCUT2D eigenvalue weighted by molar-refractivity contribution is -0.384. The maximum Gasteiger partial charge on any atom is 0.269 e. The predicted octanol–water partition coefficient (Wildman–Crippen LogP) is 3.38. The van der Waals surface area contributed by atoms with Gasteiger partial charge in [0.25, 0.3) is 5.69 Å². The van der Waals surface area contributed by atoms with Crippen LogP contribution in [0.5, 0.6) is 0 Å². The van der Waals surface area contributed by atoms with Crippen LogP contribution >= 0.6 is 22.6 Å². The Morgan fingerprint density at radius 3 is 2.65 bits per heavy atom. The van der Waals surface area contributed by atoms with Gasteiger partial charge in [0, 0.05) is 15.7 Å². The monoisotopic (exact) mass is 382 g/mol. The van der Waals surface area contributed by atoms with Crippen LogP contribution in [0.15, 0.2) is 48.5 Å². The lowest BCUT2D eigenvalue weighted by atomic mass is 10.1. The number of amides is 1. The minimum atomic E-state index is -0.471. The number of carbonyl (C=O) groups excluding carboxylic acids is 1. The van der Waals surface area contributed by atoms with E-state index in [1.165, 1.54) is 12.1 Å². The number of anilines is 1. The number of halogens is 1. The highest BCUT2D eigenvalue weighted by molar-refractivity contribution is 14.1. The fourth-order valence-corrected chi connectivity index (χ4v) is 2.24. The van der Waals surface area contributed by atoms with Gasteiger partial charge in [-0.1, -0.05) is 24.3 Å². The van der Waals surface area contributed by atoms with Gasteiger partial charge < -0.3 is 5.32 Å². The van der Waals surface area contributed by atoms with E-state index in [4.69, 9.17) is 0 Å². The molecule has 5 nitrogen and oxygen atoms in total. The molecule has 0 saturated heterocycles. The molecule has 0 fully saturated rings. The van der Waals surface area contributed by atoms with Crippen molar-refractivity contribution in [2.45, 2.75) is 6.42 Å². The van der Waals surface area contributed by atoms with Gasteiger partial charge in [-0.05, 0) is 40.3 Å². The summed E-state index contributed by atoms with van der Waals surface area (Å²) in [6.45, 7) is 0. The summed E-state index contributed by atoms with van der Waals surface area (Å²) in [5.74, 6) is -0.199. The van der Waals surface area contributed by atoms with Crippen molar-refractivity contribution in [1.29, 1.82) is 0 Å². The van der Waals surface area contributed by atoms with Crippen LogP contribution < -0.4 is 5.32 Å². The molecule has 6 heteroatoms. The Balaban J connectivity index is 2.07. The Morgan fingerprint density at radius 1 is 1.20 bits per heavy atom. The maximum absolute atomic E-state index is 11.9. The van der Waals surface area contributed by atoms with Crippen molar-refractivity contribution < 1.29 is 9.72 Å². The second kappa shape index (κ2) is 6.47. The average Bonchev–Trinajstić information content (AvgIpc) is 2.41.